The first-order chi connectivity index (χ1) is 9.29. The molecule has 3 nitrogen and oxygen atoms in total. The fourth-order valence-electron chi connectivity index (χ4n) is 1.58. The summed E-state index contributed by atoms with van der Waals surface area (Å²) in [6, 6.07) is 7.19. The Hall–Kier alpha value is -0.770. The van der Waals surface area contributed by atoms with E-state index in [1.165, 1.54) is 0 Å². The van der Waals surface area contributed by atoms with Crippen LogP contribution in [-0.2, 0) is 0 Å². The van der Waals surface area contributed by atoms with E-state index in [1.54, 1.807) is 12.1 Å². The molecule has 0 saturated heterocycles. The fraction of sp³-hybridized carbons (Fsp3) is 0.625. The molecule has 0 amide bonds. The van der Waals surface area contributed by atoms with Gasteiger partial charge in [0.05, 0.1) is 0 Å². The molecule has 4 heteroatoms. The molecule has 0 radical (unpaired) electrons. The van der Waals surface area contributed by atoms with E-state index >= 15 is 0 Å². The van der Waals surface area contributed by atoms with Crippen molar-refractivity contribution in [2.24, 2.45) is 11.3 Å². The van der Waals surface area contributed by atoms with Gasteiger partial charge in [-0.15, -0.1) is 0 Å². The normalized spacial score (nSPS) is 14.9. The van der Waals surface area contributed by atoms with E-state index in [0.29, 0.717) is 23.2 Å². The summed E-state index contributed by atoms with van der Waals surface area (Å²) in [6.07, 6.45) is -0.527. The molecule has 0 aliphatic heterocycles. The minimum atomic E-state index is -0.527. The topological polar surface area (TPSA) is 41.5 Å². The van der Waals surface area contributed by atoms with Gasteiger partial charge in [-0.3, -0.25) is 0 Å². The number of nitrogens with one attached hydrogen (secondary N) is 1. The van der Waals surface area contributed by atoms with Crippen LogP contribution < -0.4 is 10.1 Å². The molecule has 0 heterocycles. The molecule has 0 fully saturated rings. The zero-order valence-corrected chi connectivity index (χ0v) is 13.6. The van der Waals surface area contributed by atoms with E-state index in [2.05, 4.69) is 33.0 Å². The summed E-state index contributed by atoms with van der Waals surface area (Å²) in [5, 5.41) is 13.8. The van der Waals surface area contributed by atoms with Crippen LogP contribution in [0, 0.1) is 11.3 Å². The number of hydrogen-bond donors (Lipinski definition) is 2. The molecule has 0 spiro atoms. The molecule has 0 saturated carbocycles. The largest absolute Gasteiger partial charge is 0.491 e. The van der Waals surface area contributed by atoms with Crippen molar-refractivity contribution in [2.45, 2.75) is 33.8 Å². The van der Waals surface area contributed by atoms with E-state index in [0.717, 1.165) is 6.54 Å². The van der Waals surface area contributed by atoms with Crippen LogP contribution in [0.1, 0.15) is 27.7 Å². The molecule has 0 bridgehead atoms. The van der Waals surface area contributed by atoms with E-state index in [4.69, 9.17) is 16.3 Å². The maximum Gasteiger partial charge on any atom is 0.120 e. The minimum absolute atomic E-state index is 0.261. The van der Waals surface area contributed by atoms with Crippen LogP contribution in [0.5, 0.6) is 5.75 Å². The average Bonchev–Trinajstić information content (AvgIpc) is 2.35. The van der Waals surface area contributed by atoms with Crippen molar-refractivity contribution in [2.75, 3.05) is 19.7 Å². The Bertz CT molecular complexity index is 404. The second kappa shape index (κ2) is 7.87. The van der Waals surface area contributed by atoms with Gasteiger partial charge < -0.3 is 15.2 Å². The summed E-state index contributed by atoms with van der Waals surface area (Å²) in [6.45, 7) is 10.5. The lowest BCUT2D eigenvalue weighted by atomic mass is 9.82. The first-order valence-electron chi connectivity index (χ1n) is 7.06. The highest BCUT2D eigenvalue weighted by Gasteiger charge is 2.19. The molecular weight excluding hydrogens is 274 g/mol. The van der Waals surface area contributed by atoms with E-state index in [-0.39, 0.29) is 12.0 Å². The summed E-state index contributed by atoms with van der Waals surface area (Å²) in [4.78, 5) is 0. The van der Waals surface area contributed by atoms with Gasteiger partial charge in [0.25, 0.3) is 0 Å². The second-order valence-electron chi connectivity index (χ2n) is 6.35. The van der Waals surface area contributed by atoms with Gasteiger partial charge in [-0.1, -0.05) is 45.4 Å². The van der Waals surface area contributed by atoms with Crippen LogP contribution >= 0.6 is 11.6 Å². The van der Waals surface area contributed by atoms with Gasteiger partial charge in [0, 0.05) is 11.6 Å². The summed E-state index contributed by atoms with van der Waals surface area (Å²) >= 11 is 5.87. The SMILES string of the molecule is CC(CNCC(O)COc1cccc(Cl)c1)C(C)(C)C. The number of rotatable bonds is 7. The lowest BCUT2D eigenvalue weighted by molar-refractivity contribution is 0.103. The molecule has 0 aromatic heterocycles. The van der Waals surface area contributed by atoms with Crippen LogP contribution in [0.25, 0.3) is 0 Å². The quantitative estimate of drug-likeness (QED) is 0.811. The highest BCUT2D eigenvalue weighted by molar-refractivity contribution is 6.30. The van der Waals surface area contributed by atoms with Gasteiger partial charge in [-0.25, -0.2) is 0 Å². The molecule has 1 rings (SSSR count). The van der Waals surface area contributed by atoms with Gasteiger partial charge in [-0.2, -0.15) is 0 Å². The number of hydrogen-bond acceptors (Lipinski definition) is 3. The number of halogens is 1. The van der Waals surface area contributed by atoms with Crippen LogP contribution in [-0.4, -0.2) is 30.9 Å². The predicted octanol–water partition coefficient (Wildman–Crippen LogP) is 3.35. The molecular formula is C16H26ClNO2. The number of aliphatic hydroxyl groups is 1. The number of ether oxygens (including phenoxy) is 1. The van der Waals surface area contributed by atoms with Gasteiger partial charge in [0.15, 0.2) is 0 Å². The molecule has 1 aromatic rings. The standard InChI is InChI=1S/C16H26ClNO2/c1-12(16(2,3)4)9-18-10-14(19)11-20-15-7-5-6-13(17)8-15/h5-8,12,14,18-19H,9-11H2,1-4H3. The third-order valence-electron chi connectivity index (χ3n) is 3.55. The summed E-state index contributed by atoms with van der Waals surface area (Å²) in [7, 11) is 0. The van der Waals surface area contributed by atoms with Crippen LogP contribution in [0.3, 0.4) is 0 Å². The molecule has 0 aliphatic rings. The minimum Gasteiger partial charge on any atom is -0.491 e. The predicted molar refractivity (Wildman–Crippen MR) is 84.4 cm³/mol. The first-order valence-corrected chi connectivity index (χ1v) is 7.44. The maximum atomic E-state index is 9.88. The molecule has 20 heavy (non-hydrogen) atoms. The van der Waals surface area contributed by atoms with Crippen molar-refractivity contribution in [3.63, 3.8) is 0 Å². The number of aliphatic hydroxyl groups excluding tert-OH is 1. The molecule has 114 valence electrons. The maximum absolute atomic E-state index is 9.88. The summed E-state index contributed by atoms with van der Waals surface area (Å²) in [5.74, 6) is 1.23. The average molecular weight is 300 g/mol. The number of benzene rings is 1. The van der Waals surface area contributed by atoms with Crippen LogP contribution in [0.2, 0.25) is 5.02 Å². The van der Waals surface area contributed by atoms with Gasteiger partial charge in [0.1, 0.15) is 18.5 Å². The Balaban J connectivity index is 2.22. The monoisotopic (exact) mass is 299 g/mol. The van der Waals surface area contributed by atoms with Crippen LogP contribution in [0.15, 0.2) is 24.3 Å². The van der Waals surface area contributed by atoms with Crippen molar-refractivity contribution < 1.29 is 9.84 Å². The lowest BCUT2D eigenvalue weighted by Gasteiger charge is -2.27. The molecule has 2 atom stereocenters. The van der Waals surface area contributed by atoms with Gasteiger partial charge in [-0.05, 0) is 36.1 Å². The van der Waals surface area contributed by atoms with Crippen molar-refractivity contribution in [3.05, 3.63) is 29.3 Å². The molecule has 0 aliphatic carbocycles. The fourth-order valence-corrected chi connectivity index (χ4v) is 1.76. The van der Waals surface area contributed by atoms with Crippen molar-refractivity contribution in [1.82, 2.24) is 5.32 Å². The van der Waals surface area contributed by atoms with Crippen LogP contribution in [0.4, 0.5) is 0 Å². The van der Waals surface area contributed by atoms with Crippen molar-refractivity contribution >= 4 is 11.6 Å². The first kappa shape index (κ1) is 17.3. The zero-order chi connectivity index (χ0) is 15.2. The third-order valence-corrected chi connectivity index (χ3v) is 3.78. The molecule has 1 aromatic carbocycles. The zero-order valence-electron chi connectivity index (χ0n) is 12.8. The van der Waals surface area contributed by atoms with E-state index in [9.17, 15) is 5.11 Å². The van der Waals surface area contributed by atoms with Gasteiger partial charge in [0.2, 0.25) is 0 Å². The lowest BCUT2D eigenvalue weighted by Crippen LogP contribution is -2.36. The van der Waals surface area contributed by atoms with E-state index in [1.807, 2.05) is 12.1 Å². The Morgan fingerprint density at radius 1 is 1.30 bits per heavy atom. The Morgan fingerprint density at radius 2 is 2.00 bits per heavy atom. The Morgan fingerprint density at radius 3 is 2.60 bits per heavy atom. The smallest absolute Gasteiger partial charge is 0.120 e. The highest BCUT2D eigenvalue weighted by Crippen LogP contribution is 2.24. The summed E-state index contributed by atoms with van der Waals surface area (Å²) < 4.78 is 5.50. The third kappa shape index (κ3) is 6.60. The Labute approximate surface area is 127 Å². The van der Waals surface area contributed by atoms with E-state index < -0.39 is 6.10 Å². The molecule has 2 unspecified atom stereocenters. The van der Waals surface area contributed by atoms with Crippen molar-refractivity contribution in [3.8, 4) is 5.75 Å². The summed E-state index contributed by atoms with van der Waals surface area (Å²) in [5.41, 5.74) is 0.273. The Kier molecular flexibility index (Phi) is 6.80. The highest BCUT2D eigenvalue weighted by atomic mass is 35.5. The van der Waals surface area contributed by atoms with Gasteiger partial charge >= 0.3 is 0 Å². The molecule has 2 N–H and O–H groups in total. The second-order valence-corrected chi connectivity index (χ2v) is 6.78. The van der Waals surface area contributed by atoms with Crippen molar-refractivity contribution in [1.29, 1.82) is 0 Å².